The predicted molar refractivity (Wildman–Crippen MR) is 115 cm³/mol. The van der Waals surface area contributed by atoms with Crippen LogP contribution in [0.2, 0.25) is 0 Å². The fourth-order valence-corrected chi connectivity index (χ4v) is 4.35. The number of piperazine rings is 1. The van der Waals surface area contributed by atoms with Crippen molar-refractivity contribution in [1.29, 1.82) is 0 Å². The number of likely N-dealkylation sites (N-methyl/N-ethyl adjacent to an activating group) is 1. The van der Waals surface area contributed by atoms with Crippen molar-refractivity contribution in [1.82, 2.24) is 24.5 Å². The molecule has 0 aliphatic carbocycles. The number of carbonyl (C=O) groups is 1. The lowest BCUT2D eigenvalue weighted by atomic mass is 10.0. The van der Waals surface area contributed by atoms with Crippen LogP contribution >= 0.6 is 0 Å². The summed E-state index contributed by atoms with van der Waals surface area (Å²) in [6.07, 6.45) is 1.30. The van der Waals surface area contributed by atoms with Crippen LogP contribution < -0.4 is 0 Å². The molecule has 156 valence electrons. The van der Waals surface area contributed by atoms with Gasteiger partial charge in [0.05, 0.1) is 17.9 Å². The fraction of sp³-hybridized carbons (Fsp3) is 0.565. The van der Waals surface area contributed by atoms with Crippen LogP contribution in [-0.2, 0) is 30.8 Å². The van der Waals surface area contributed by atoms with Crippen LogP contribution in [0.25, 0.3) is 0 Å². The number of benzene rings is 1. The summed E-state index contributed by atoms with van der Waals surface area (Å²) in [5.74, 6) is 0.264. The van der Waals surface area contributed by atoms with Crippen molar-refractivity contribution < 1.29 is 4.79 Å². The molecule has 1 amide bonds. The summed E-state index contributed by atoms with van der Waals surface area (Å²) >= 11 is 0. The molecule has 2 aliphatic rings. The summed E-state index contributed by atoms with van der Waals surface area (Å²) in [6, 6.07) is 8.92. The Labute approximate surface area is 174 Å². The monoisotopic (exact) mass is 395 g/mol. The van der Waals surface area contributed by atoms with E-state index in [-0.39, 0.29) is 5.91 Å². The van der Waals surface area contributed by atoms with Crippen molar-refractivity contribution in [2.75, 3.05) is 39.8 Å². The van der Waals surface area contributed by atoms with Gasteiger partial charge in [0.25, 0.3) is 0 Å². The quantitative estimate of drug-likeness (QED) is 0.779. The average molecular weight is 396 g/mol. The first kappa shape index (κ1) is 20.1. The maximum atomic E-state index is 12.5. The molecule has 0 atom stereocenters. The molecule has 1 aromatic heterocycles. The Morgan fingerprint density at radius 1 is 1.03 bits per heavy atom. The predicted octanol–water partition coefficient (Wildman–Crippen LogP) is 2.22. The van der Waals surface area contributed by atoms with Gasteiger partial charge in [0.1, 0.15) is 0 Å². The molecular weight excluding hydrogens is 362 g/mol. The zero-order valence-corrected chi connectivity index (χ0v) is 18.0. The molecule has 0 N–H and O–H groups in total. The zero-order chi connectivity index (χ0) is 20.4. The third-order valence-corrected chi connectivity index (χ3v) is 6.27. The van der Waals surface area contributed by atoms with E-state index in [1.54, 1.807) is 0 Å². The van der Waals surface area contributed by atoms with Crippen LogP contribution in [0, 0.1) is 13.8 Å². The van der Waals surface area contributed by atoms with Gasteiger partial charge in [-0.3, -0.25) is 14.4 Å². The second-order valence-corrected chi connectivity index (χ2v) is 8.67. The highest BCUT2D eigenvalue weighted by molar-refractivity contribution is 5.76. The van der Waals surface area contributed by atoms with Crippen LogP contribution in [0.4, 0.5) is 0 Å². The Bertz CT molecular complexity index is 866. The first-order valence-electron chi connectivity index (χ1n) is 10.8. The molecule has 0 saturated carbocycles. The van der Waals surface area contributed by atoms with Crippen molar-refractivity contribution >= 4 is 5.91 Å². The molecule has 2 aliphatic heterocycles. The Morgan fingerprint density at radius 3 is 2.59 bits per heavy atom. The maximum absolute atomic E-state index is 12.5. The van der Waals surface area contributed by atoms with Crippen LogP contribution in [0.5, 0.6) is 0 Å². The SMILES string of the molecule is Cc1ccc(CN2CCn3nc(CCC(=O)N4CCN(C)CC4)cc3C2)c(C)c1. The molecule has 1 aromatic carbocycles. The van der Waals surface area contributed by atoms with Gasteiger partial charge >= 0.3 is 0 Å². The minimum absolute atomic E-state index is 0.264. The Balaban J connectivity index is 1.32. The van der Waals surface area contributed by atoms with Gasteiger partial charge in [0.2, 0.25) is 5.91 Å². The number of fused-ring (bicyclic) bond motifs is 1. The van der Waals surface area contributed by atoms with Crippen molar-refractivity contribution in [3.8, 4) is 0 Å². The van der Waals surface area contributed by atoms with Crippen molar-refractivity contribution in [2.45, 2.75) is 46.3 Å². The number of amides is 1. The highest BCUT2D eigenvalue weighted by Crippen LogP contribution is 2.19. The third-order valence-electron chi connectivity index (χ3n) is 6.27. The highest BCUT2D eigenvalue weighted by atomic mass is 16.2. The van der Waals surface area contributed by atoms with Gasteiger partial charge in [-0.2, -0.15) is 5.10 Å². The number of carbonyl (C=O) groups excluding carboxylic acids is 1. The number of hydrogen-bond acceptors (Lipinski definition) is 4. The van der Waals surface area contributed by atoms with Crippen molar-refractivity contribution in [3.05, 3.63) is 52.3 Å². The van der Waals surface area contributed by atoms with Gasteiger partial charge in [0, 0.05) is 58.7 Å². The first-order valence-corrected chi connectivity index (χ1v) is 10.8. The molecule has 1 fully saturated rings. The summed E-state index contributed by atoms with van der Waals surface area (Å²) in [4.78, 5) is 19.3. The zero-order valence-electron chi connectivity index (χ0n) is 18.0. The maximum Gasteiger partial charge on any atom is 0.223 e. The number of nitrogens with zero attached hydrogens (tertiary/aromatic N) is 5. The average Bonchev–Trinajstić information content (AvgIpc) is 3.11. The van der Waals surface area contributed by atoms with E-state index < -0.39 is 0 Å². The van der Waals surface area contributed by atoms with Gasteiger partial charge in [0.15, 0.2) is 0 Å². The number of aryl methyl sites for hydroxylation is 3. The van der Waals surface area contributed by atoms with E-state index in [2.05, 4.69) is 59.6 Å². The molecule has 0 unspecified atom stereocenters. The number of aromatic nitrogens is 2. The summed E-state index contributed by atoms with van der Waals surface area (Å²) in [6.45, 7) is 11.8. The number of rotatable bonds is 5. The van der Waals surface area contributed by atoms with E-state index in [9.17, 15) is 4.79 Å². The Kier molecular flexibility index (Phi) is 6.01. The lowest BCUT2D eigenvalue weighted by Gasteiger charge is -2.32. The highest BCUT2D eigenvalue weighted by Gasteiger charge is 2.21. The third kappa shape index (κ3) is 4.87. The summed E-state index contributed by atoms with van der Waals surface area (Å²) in [5.41, 5.74) is 6.41. The molecule has 6 nitrogen and oxygen atoms in total. The minimum Gasteiger partial charge on any atom is -0.340 e. The smallest absolute Gasteiger partial charge is 0.223 e. The van der Waals surface area contributed by atoms with Gasteiger partial charge < -0.3 is 9.80 Å². The lowest BCUT2D eigenvalue weighted by Crippen LogP contribution is -2.47. The first-order chi connectivity index (χ1) is 14.0. The van der Waals surface area contributed by atoms with E-state index in [0.29, 0.717) is 6.42 Å². The largest absolute Gasteiger partial charge is 0.340 e. The second-order valence-electron chi connectivity index (χ2n) is 8.67. The van der Waals surface area contributed by atoms with E-state index in [4.69, 9.17) is 5.10 Å². The lowest BCUT2D eigenvalue weighted by molar-refractivity contribution is -0.132. The Hall–Kier alpha value is -2.18. The van der Waals surface area contributed by atoms with Gasteiger partial charge in [-0.1, -0.05) is 23.8 Å². The van der Waals surface area contributed by atoms with Gasteiger partial charge in [-0.25, -0.2) is 0 Å². The van der Waals surface area contributed by atoms with Gasteiger partial charge in [-0.15, -0.1) is 0 Å². The van der Waals surface area contributed by atoms with Crippen LogP contribution in [-0.4, -0.2) is 70.2 Å². The molecule has 4 rings (SSSR count). The molecule has 29 heavy (non-hydrogen) atoms. The summed E-state index contributed by atoms with van der Waals surface area (Å²) < 4.78 is 2.13. The minimum atomic E-state index is 0.264. The fourth-order valence-electron chi connectivity index (χ4n) is 4.35. The second kappa shape index (κ2) is 8.67. The Morgan fingerprint density at radius 2 is 1.83 bits per heavy atom. The van der Waals surface area contributed by atoms with E-state index in [1.165, 1.54) is 22.4 Å². The van der Waals surface area contributed by atoms with E-state index in [0.717, 1.165) is 64.5 Å². The topological polar surface area (TPSA) is 44.6 Å². The van der Waals surface area contributed by atoms with E-state index in [1.807, 2.05) is 4.90 Å². The van der Waals surface area contributed by atoms with Crippen LogP contribution in [0.3, 0.4) is 0 Å². The van der Waals surface area contributed by atoms with Gasteiger partial charge in [-0.05, 0) is 38.1 Å². The van der Waals surface area contributed by atoms with Crippen LogP contribution in [0.15, 0.2) is 24.3 Å². The van der Waals surface area contributed by atoms with E-state index >= 15 is 0 Å². The number of hydrogen-bond donors (Lipinski definition) is 0. The van der Waals surface area contributed by atoms with Crippen molar-refractivity contribution in [3.63, 3.8) is 0 Å². The molecule has 0 bridgehead atoms. The van der Waals surface area contributed by atoms with Crippen molar-refractivity contribution in [2.24, 2.45) is 0 Å². The van der Waals surface area contributed by atoms with Crippen LogP contribution in [0.1, 0.15) is 34.5 Å². The molecule has 2 aromatic rings. The molecule has 1 saturated heterocycles. The molecule has 0 spiro atoms. The molecule has 3 heterocycles. The summed E-state index contributed by atoms with van der Waals surface area (Å²) in [7, 11) is 2.11. The normalized spacial score (nSPS) is 18.1. The molecule has 0 radical (unpaired) electrons. The summed E-state index contributed by atoms with van der Waals surface area (Å²) in [5, 5.41) is 4.76. The molecule has 6 heteroatoms. The molecular formula is C23H33N5O. The standard InChI is InChI=1S/C23H33N5O/c1-18-4-5-20(19(2)14-18)16-26-10-13-28-22(17-26)15-21(24-28)6-7-23(29)27-11-8-25(3)9-12-27/h4-5,14-15H,6-13,16-17H2,1-3H3.